The number of aryl methyl sites for hydroxylation is 1. The number of hydrogen-bond donors (Lipinski definition) is 1. The van der Waals surface area contributed by atoms with E-state index in [1.807, 2.05) is 31.3 Å². The molecule has 0 aliphatic carbocycles. The van der Waals surface area contributed by atoms with Crippen LogP contribution in [0.5, 0.6) is 0 Å². The van der Waals surface area contributed by atoms with Gasteiger partial charge in [-0.2, -0.15) is 14.6 Å². The summed E-state index contributed by atoms with van der Waals surface area (Å²) in [6.45, 7) is 4.02. The number of nitrogens with zero attached hydrogens (tertiary/aromatic N) is 5. The largest absolute Gasteiger partial charge is 0.363 e. The molecule has 3 aromatic rings. The summed E-state index contributed by atoms with van der Waals surface area (Å²) in [6, 6.07) is 6.05. The van der Waals surface area contributed by atoms with Gasteiger partial charge in [0, 0.05) is 24.2 Å². The van der Waals surface area contributed by atoms with Crippen molar-refractivity contribution in [3.05, 3.63) is 48.2 Å². The van der Waals surface area contributed by atoms with Crippen LogP contribution in [0.3, 0.4) is 0 Å². The second-order valence-electron chi connectivity index (χ2n) is 4.41. The van der Waals surface area contributed by atoms with Gasteiger partial charge in [-0.1, -0.05) is 6.07 Å². The zero-order valence-electron chi connectivity index (χ0n) is 10.8. The van der Waals surface area contributed by atoms with Crippen LogP contribution in [-0.2, 0) is 0 Å². The molecule has 96 valence electrons. The third-order valence-electron chi connectivity index (χ3n) is 2.93. The van der Waals surface area contributed by atoms with Gasteiger partial charge >= 0.3 is 0 Å². The molecule has 1 unspecified atom stereocenters. The zero-order valence-corrected chi connectivity index (χ0v) is 10.8. The second-order valence-corrected chi connectivity index (χ2v) is 4.41. The maximum absolute atomic E-state index is 4.31. The Labute approximate surface area is 110 Å². The summed E-state index contributed by atoms with van der Waals surface area (Å²) in [5, 5.41) is 7.58. The van der Waals surface area contributed by atoms with Gasteiger partial charge in [-0.3, -0.25) is 4.98 Å². The summed E-state index contributed by atoms with van der Waals surface area (Å²) in [5.74, 6) is 1.47. The summed E-state index contributed by atoms with van der Waals surface area (Å²) < 4.78 is 1.69. The van der Waals surface area contributed by atoms with Crippen molar-refractivity contribution in [1.82, 2.24) is 24.6 Å². The van der Waals surface area contributed by atoms with Gasteiger partial charge in [-0.25, -0.2) is 4.98 Å². The molecule has 19 heavy (non-hydrogen) atoms. The molecule has 0 saturated carbocycles. The Morgan fingerprint density at radius 2 is 2.26 bits per heavy atom. The molecular weight excluding hydrogens is 240 g/mol. The third kappa shape index (κ3) is 2.24. The maximum Gasteiger partial charge on any atom is 0.254 e. The first kappa shape index (κ1) is 11.6. The van der Waals surface area contributed by atoms with Crippen molar-refractivity contribution in [3.8, 4) is 0 Å². The predicted molar refractivity (Wildman–Crippen MR) is 71.8 cm³/mol. The van der Waals surface area contributed by atoms with Gasteiger partial charge in [0.15, 0.2) is 0 Å². The molecule has 0 fully saturated rings. The smallest absolute Gasteiger partial charge is 0.254 e. The molecule has 6 heteroatoms. The fraction of sp³-hybridized carbons (Fsp3) is 0.231. The molecule has 0 aliphatic rings. The third-order valence-corrected chi connectivity index (χ3v) is 2.93. The summed E-state index contributed by atoms with van der Waals surface area (Å²) in [6.07, 6.45) is 5.12. The molecule has 1 atom stereocenters. The molecular formula is C13H14N6. The molecule has 1 N–H and O–H groups in total. The van der Waals surface area contributed by atoms with Crippen molar-refractivity contribution in [2.45, 2.75) is 19.9 Å². The molecule has 0 amide bonds. The molecule has 0 aromatic carbocycles. The van der Waals surface area contributed by atoms with E-state index < -0.39 is 0 Å². The number of aromatic nitrogens is 5. The minimum atomic E-state index is 0.128. The van der Waals surface area contributed by atoms with E-state index in [9.17, 15) is 0 Å². The second kappa shape index (κ2) is 4.64. The van der Waals surface area contributed by atoms with E-state index >= 15 is 0 Å². The Balaban J connectivity index is 1.95. The SMILES string of the molecule is Cc1cc(NC(C)c2cccnc2)n2ncnc2n1. The number of anilines is 1. The van der Waals surface area contributed by atoms with Crippen LogP contribution < -0.4 is 5.32 Å². The highest BCUT2D eigenvalue weighted by molar-refractivity contribution is 5.46. The molecule has 3 rings (SSSR count). The molecule has 0 bridgehead atoms. The highest BCUT2D eigenvalue weighted by atomic mass is 15.4. The Bertz CT molecular complexity index is 691. The van der Waals surface area contributed by atoms with Crippen molar-refractivity contribution in [2.24, 2.45) is 0 Å². The van der Waals surface area contributed by atoms with Crippen molar-refractivity contribution >= 4 is 11.6 Å². The normalized spacial score (nSPS) is 12.5. The lowest BCUT2D eigenvalue weighted by Crippen LogP contribution is -2.11. The molecule has 0 aliphatic heterocycles. The van der Waals surface area contributed by atoms with Gasteiger partial charge in [-0.05, 0) is 25.5 Å². The first-order valence-corrected chi connectivity index (χ1v) is 6.08. The molecule has 0 saturated heterocycles. The minimum Gasteiger partial charge on any atom is -0.363 e. The number of hydrogen-bond acceptors (Lipinski definition) is 5. The summed E-state index contributed by atoms with van der Waals surface area (Å²) in [4.78, 5) is 12.6. The van der Waals surface area contributed by atoms with Gasteiger partial charge in [0.25, 0.3) is 5.78 Å². The molecule has 3 aromatic heterocycles. The van der Waals surface area contributed by atoms with Crippen molar-refractivity contribution in [1.29, 1.82) is 0 Å². The zero-order chi connectivity index (χ0) is 13.2. The highest BCUT2D eigenvalue weighted by Gasteiger charge is 2.10. The van der Waals surface area contributed by atoms with E-state index in [0.29, 0.717) is 5.78 Å². The van der Waals surface area contributed by atoms with Crippen molar-refractivity contribution in [3.63, 3.8) is 0 Å². The van der Waals surface area contributed by atoms with E-state index in [1.54, 1.807) is 10.7 Å². The standard InChI is InChI=1S/C13H14N6/c1-9-6-12(19-13(17-9)15-8-16-19)18-10(2)11-4-3-5-14-7-11/h3-8,10,18H,1-2H3. The number of pyridine rings is 1. The van der Waals surface area contributed by atoms with E-state index in [0.717, 1.165) is 17.1 Å². The fourth-order valence-electron chi connectivity index (χ4n) is 1.97. The molecule has 6 nitrogen and oxygen atoms in total. The first-order valence-electron chi connectivity index (χ1n) is 6.08. The molecule has 3 heterocycles. The topological polar surface area (TPSA) is 68.0 Å². The Hall–Kier alpha value is -2.50. The van der Waals surface area contributed by atoms with Gasteiger partial charge in [-0.15, -0.1) is 0 Å². The monoisotopic (exact) mass is 254 g/mol. The lowest BCUT2D eigenvalue weighted by molar-refractivity contribution is 0.832. The number of fused-ring (bicyclic) bond motifs is 1. The summed E-state index contributed by atoms with van der Waals surface area (Å²) in [5.41, 5.74) is 2.02. The average molecular weight is 254 g/mol. The minimum absolute atomic E-state index is 0.128. The lowest BCUT2D eigenvalue weighted by atomic mass is 10.1. The van der Waals surface area contributed by atoms with Crippen molar-refractivity contribution < 1.29 is 0 Å². The predicted octanol–water partition coefficient (Wildman–Crippen LogP) is 2.00. The van der Waals surface area contributed by atoms with Gasteiger partial charge in [0.2, 0.25) is 0 Å². The summed E-state index contributed by atoms with van der Waals surface area (Å²) >= 11 is 0. The highest BCUT2D eigenvalue weighted by Crippen LogP contribution is 2.18. The molecule has 0 radical (unpaired) electrons. The summed E-state index contributed by atoms with van der Waals surface area (Å²) in [7, 11) is 0. The number of nitrogens with one attached hydrogen (secondary N) is 1. The first-order chi connectivity index (χ1) is 9.24. The van der Waals surface area contributed by atoms with E-state index in [1.165, 1.54) is 6.33 Å². The van der Waals surface area contributed by atoms with Crippen LogP contribution in [0.1, 0.15) is 24.2 Å². The Morgan fingerprint density at radius 3 is 3.05 bits per heavy atom. The van der Waals surface area contributed by atoms with Gasteiger partial charge in [0.1, 0.15) is 12.1 Å². The average Bonchev–Trinajstić information content (AvgIpc) is 2.88. The lowest BCUT2D eigenvalue weighted by Gasteiger charge is -2.16. The van der Waals surface area contributed by atoms with Gasteiger partial charge < -0.3 is 5.32 Å². The van der Waals surface area contributed by atoms with Crippen LogP contribution in [0, 0.1) is 6.92 Å². The van der Waals surface area contributed by atoms with Gasteiger partial charge in [0.05, 0.1) is 6.04 Å². The van der Waals surface area contributed by atoms with Crippen molar-refractivity contribution in [2.75, 3.05) is 5.32 Å². The Morgan fingerprint density at radius 1 is 1.37 bits per heavy atom. The van der Waals surface area contributed by atoms with Crippen LogP contribution in [0.2, 0.25) is 0 Å². The van der Waals surface area contributed by atoms with Crippen LogP contribution in [-0.4, -0.2) is 24.6 Å². The number of rotatable bonds is 3. The quantitative estimate of drug-likeness (QED) is 0.774. The van der Waals surface area contributed by atoms with E-state index in [4.69, 9.17) is 0 Å². The Kier molecular flexibility index (Phi) is 2.83. The molecule has 0 spiro atoms. The van der Waals surface area contributed by atoms with Crippen LogP contribution in [0.4, 0.5) is 5.82 Å². The van der Waals surface area contributed by atoms with E-state index in [2.05, 4.69) is 32.3 Å². The van der Waals surface area contributed by atoms with Crippen LogP contribution in [0.25, 0.3) is 5.78 Å². The van der Waals surface area contributed by atoms with Crippen LogP contribution in [0.15, 0.2) is 36.9 Å². The van der Waals surface area contributed by atoms with E-state index in [-0.39, 0.29) is 6.04 Å². The fourth-order valence-corrected chi connectivity index (χ4v) is 1.97. The van der Waals surface area contributed by atoms with Crippen LogP contribution >= 0.6 is 0 Å². The maximum atomic E-state index is 4.31.